The van der Waals surface area contributed by atoms with Crippen molar-refractivity contribution in [1.29, 1.82) is 0 Å². The molecule has 2 aromatic carbocycles. The minimum absolute atomic E-state index is 0.222. The van der Waals surface area contributed by atoms with Crippen molar-refractivity contribution in [3.63, 3.8) is 0 Å². The van der Waals surface area contributed by atoms with Gasteiger partial charge < -0.3 is 14.8 Å². The van der Waals surface area contributed by atoms with E-state index in [9.17, 15) is 9.18 Å². The van der Waals surface area contributed by atoms with Gasteiger partial charge in [0.2, 0.25) is 0 Å². The Morgan fingerprint density at radius 2 is 1.92 bits per heavy atom. The van der Waals surface area contributed by atoms with Gasteiger partial charge in [-0.3, -0.25) is 0 Å². The molecule has 26 heavy (non-hydrogen) atoms. The molecule has 1 aliphatic rings. The molecule has 0 unspecified atom stereocenters. The molecule has 1 N–H and O–H groups in total. The van der Waals surface area contributed by atoms with Gasteiger partial charge in [-0.1, -0.05) is 52.3 Å². The second-order valence-corrected chi connectivity index (χ2v) is 7.35. The number of rotatable bonds is 5. The second kappa shape index (κ2) is 8.64. The summed E-state index contributed by atoms with van der Waals surface area (Å²) in [6.07, 6.45) is 1.49. The van der Waals surface area contributed by atoms with Gasteiger partial charge in [0, 0.05) is 17.7 Å². The van der Waals surface area contributed by atoms with Gasteiger partial charge in [-0.15, -0.1) is 0 Å². The Bertz CT molecular complexity index is 748. The fourth-order valence-corrected chi connectivity index (χ4v) is 3.60. The van der Waals surface area contributed by atoms with Gasteiger partial charge in [-0.2, -0.15) is 0 Å². The van der Waals surface area contributed by atoms with Crippen LogP contribution < -0.4 is 5.32 Å². The summed E-state index contributed by atoms with van der Waals surface area (Å²) in [7, 11) is 0. The van der Waals surface area contributed by atoms with Crippen LogP contribution in [0.5, 0.6) is 0 Å². The molecule has 0 aliphatic carbocycles. The van der Waals surface area contributed by atoms with E-state index in [2.05, 4.69) is 21.2 Å². The van der Waals surface area contributed by atoms with Crippen molar-refractivity contribution in [2.45, 2.75) is 31.4 Å². The third kappa shape index (κ3) is 5.05. The quantitative estimate of drug-likeness (QED) is 0.766. The Morgan fingerprint density at radius 1 is 1.19 bits per heavy atom. The number of carbonyl (C=O) groups excluding carboxylic acids is 1. The van der Waals surface area contributed by atoms with Gasteiger partial charge in [0.1, 0.15) is 12.4 Å². The van der Waals surface area contributed by atoms with E-state index in [1.807, 2.05) is 30.3 Å². The van der Waals surface area contributed by atoms with Crippen LogP contribution in [0.3, 0.4) is 0 Å². The number of alkyl carbamates (subject to hydrolysis) is 1. The summed E-state index contributed by atoms with van der Waals surface area (Å²) < 4.78 is 24.9. The maximum absolute atomic E-state index is 13.4. The molecule has 0 bridgehead atoms. The predicted molar refractivity (Wildman–Crippen MR) is 100 cm³/mol. The second-order valence-electron chi connectivity index (χ2n) is 6.49. The zero-order valence-electron chi connectivity index (χ0n) is 14.3. The Morgan fingerprint density at radius 3 is 2.62 bits per heavy atom. The fourth-order valence-electron chi connectivity index (χ4n) is 3.11. The van der Waals surface area contributed by atoms with Crippen LogP contribution >= 0.6 is 15.9 Å². The van der Waals surface area contributed by atoms with E-state index in [-0.39, 0.29) is 12.4 Å². The topological polar surface area (TPSA) is 47.6 Å². The first-order valence-corrected chi connectivity index (χ1v) is 9.36. The van der Waals surface area contributed by atoms with Crippen molar-refractivity contribution in [3.05, 3.63) is 69.9 Å². The number of ether oxygens (including phenoxy) is 2. The van der Waals surface area contributed by atoms with Gasteiger partial charge in [0.25, 0.3) is 0 Å². The van der Waals surface area contributed by atoms with E-state index in [1.54, 1.807) is 6.07 Å². The van der Waals surface area contributed by atoms with E-state index in [0.29, 0.717) is 36.9 Å². The third-order valence-electron chi connectivity index (χ3n) is 4.57. The first-order chi connectivity index (χ1) is 12.6. The van der Waals surface area contributed by atoms with E-state index in [4.69, 9.17) is 9.47 Å². The highest BCUT2D eigenvalue weighted by atomic mass is 79.9. The van der Waals surface area contributed by atoms with Crippen molar-refractivity contribution in [2.24, 2.45) is 0 Å². The molecule has 1 aliphatic heterocycles. The van der Waals surface area contributed by atoms with Gasteiger partial charge in [-0.05, 0) is 42.5 Å². The van der Waals surface area contributed by atoms with Gasteiger partial charge >= 0.3 is 6.09 Å². The Labute approximate surface area is 160 Å². The van der Waals surface area contributed by atoms with Crippen LogP contribution in [0.1, 0.15) is 24.0 Å². The zero-order chi connectivity index (χ0) is 18.4. The van der Waals surface area contributed by atoms with Crippen molar-refractivity contribution >= 4 is 22.0 Å². The van der Waals surface area contributed by atoms with E-state index >= 15 is 0 Å². The summed E-state index contributed by atoms with van der Waals surface area (Å²) in [4.78, 5) is 12.4. The third-order valence-corrected chi connectivity index (χ3v) is 5.31. The Kier molecular flexibility index (Phi) is 6.27. The summed E-state index contributed by atoms with van der Waals surface area (Å²) in [6, 6.07) is 14.2. The highest BCUT2D eigenvalue weighted by Gasteiger charge is 2.35. The molecule has 0 saturated carbocycles. The summed E-state index contributed by atoms with van der Waals surface area (Å²) in [5.74, 6) is -0.295. The molecule has 138 valence electrons. The lowest BCUT2D eigenvalue weighted by Gasteiger charge is -2.38. The van der Waals surface area contributed by atoms with Crippen molar-refractivity contribution < 1.29 is 18.7 Å². The molecule has 0 spiro atoms. The lowest BCUT2D eigenvalue weighted by Crippen LogP contribution is -2.53. The number of nitrogens with one attached hydrogen (secondary N) is 1. The van der Waals surface area contributed by atoms with Crippen LogP contribution in [0.4, 0.5) is 9.18 Å². The summed E-state index contributed by atoms with van der Waals surface area (Å²) in [6.45, 7) is 1.36. The molecular weight excluding hydrogens is 401 g/mol. The van der Waals surface area contributed by atoms with Crippen molar-refractivity contribution in [1.82, 2.24) is 5.32 Å². The molecule has 2 aromatic rings. The smallest absolute Gasteiger partial charge is 0.407 e. The Hall–Kier alpha value is -1.92. The predicted octanol–water partition coefficient (Wildman–Crippen LogP) is 4.61. The standard InChI is InChI=1S/C20H21BrFNO3/c21-18-12-17(22)7-6-16(18)13-20(8-10-25-11-9-20)23-19(24)26-14-15-4-2-1-3-5-15/h1-7,12H,8-11,13-14H2,(H,23,24). The molecule has 6 heteroatoms. The van der Waals surface area contributed by atoms with E-state index in [0.717, 1.165) is 11.1 Å². The van der Waals surface area contributed by atoms with Gasteiger partial charge in [0.05, 0.1) is 5.54 Å². The SMILES string of the molecule is O=C(NC1(Cc2ccc(F)cc2Br)CCOCC1)OCc1ccccc1. The molecule has 1 fully saturated rings. The first-order valence-electron chi connectivity index (χ1n) is 8.57. The summed E-state index contributed by atoms with van der Waals surface area (Å²) in [5, 5.41) is 3.04. The lowest BCUT2D eigenvalue weighted by atomic mass is 9.84. The maximum atomic E-state index is 13.4. The maximum Gasteiger partial charge on any atom is 0.407 e. The normalized spacial score (nSPS) is 16.1. The zero-order valence-corrected chi connectivity index (χ0v) is 15.9. The van der Waals surface area contributed by atoms with Crippen LogP contribution in [-0.4, -0.2) is 24.8 Å². The minimum Gasteiger partial charge on any atom is -0.445 e. The molecule has 3 rings (SSSR count). The molecule has 1 saturated heterocycles. The molecule has 1 heterocycles. The number of carbonyl (C=O) groups is 1. The first kappa shape index (κ1) is 18.9. The number of benzene rings is 2. The minimum atomic E-state index is -0.466. The molecule has 1 amide bonds. The number of hydrogen-bond donors (Lipinski definition) is 1. The molecule has 4 nitrogen and oxygen atoms in total. The molecule has 0 aromatic heterocycles. The molecular formula is C20H21BrFNO3. The van der Waals surface area contributed by atoms with Crippen LogP contribution in [0, 0.1) is 5.82 Å². The molecule has 0 atom stereocenters. The summed E-state index contributed by atoms with van der Waals surface area (Å²) in [5.41, 5.74) is 1.41. The Balaban J connectivity index is 1.67. The van der Waals surface area contributed by atoms with Crippen molar-refractivity contribution in [2.75, 3.05) is 13.2 Å². The number of amides is 1. The monoisotopic (exact) mass is 421 g/mol. The largest absolute Gasteiger partial charge is 0.445 e. The summed E-state index contributed by atoms with van der Waals surface area (Å²) >= 11 is 3.41. The molecule has 0 radical (unpaired) electrons. The highest BCUT2D eigenvalue weighted by molar-refractivity contribution is 9.10. The van der Waals surface area contributed by atoms with Crippen LogP contribution in [0.25, 0.3) is 0 Å². The fraction of sp³-hybridized carbons (Fsp3) is 0.350. The van der Waals surface area contributed by atoms with Crippen LogP contribution in [0.2, 0.25) is 0 Å². The van der Waals surface area contributed by atoms with Crippen LogP contribution in [-0.2, 0) is 22.5 Å². The van der Waals surface area contributed by atoms with Crippen LogP contribution in [0.15, 0.2) is 53.0 Å². The van der Waals surface area contributed by atoms with E-state index < -0.39 is 11.6 Å². The van der Waals surface area contributed by atoms with Gasteiger partial charge in [0.15, 0.2) is 0 Å². The van der Waals surface area contributed by atoms with Crippen molar-refractivity contribution in [3.8, 4) is 0 Å². The lowest BCUT2D eigenvalue weighted by molar-refractivity contribution is 0.0345. The number of halogens is 2. The number of hydrogen-bond acceptors (Lipinski definition) is 3. The van der Waals surface area contributed by atoms with E-state index in [1.165, 1.54) is 12.1 Å². The average molecular weight is 422 g/mol. The highest BCUT2D eigenvalue weighted by Crippen LogP contribution is 2.29. The van der Waals surface area contributed by atoms with Gasteiger partial charge in [-0.25, -0.2) is 9.18 Å². The average Bonchev–Trinajstić information content (AvgIpc) is 2.64.